The maximum Gasteiger partial charge on any atom is 0.472 e. The Morgan fingerprint density at radius 1 is 0.452 bits per heavy atom. The molecule has 0 aliphatic heterocycles. The maximum atomic E-state index is 13.0. The quantitative estimate of drug-likeness (QED) is 0.0243. The average Bonchev–Trinajstić information content (AvgIpc) is 3.35. The van der Waals surface area contributed by atoms with Crippen molar-refractivity contribution >= 4 is 13.7 Å². The number of carbonyl (C=O) groups is 1. The van der Waals surface area contributed by atoms with Crippen LogP contribution < -0.4 is 5.32 Å². The van der Waals surface area contributed by atoms with Crippen LogP contribution in [-0.4, -0.2) is 73.4 Å². The molecular formula is C64H130N2O6P+. The lowest BCUT2D eigenvalue weighted by Crippen LogP contribution is -2.45. The van der Waals surface area contributed by atoms with Crippen molar-refractivity contribution in [1.82, 2.24) is 5.32 Å². The minimum Gasteiger partial charge on any atom is -0.387 e. The molecule has 9 heteroatoms. The number of aliphatic hydroxyl groups excluding tert-OH is 1. The summed E-state index contributed by atoms with van der Waals surface area (Å²) in [6, 6.07) is -0.843. The number of nitrogens with one attached hydrogen (secondary N) is 1. The van der Waals surface area contributed by atoms with Crippen LogP contribution in [0, 0.1) is 0 Å². The number of amides is 1. The summed E-state index contributed by atoms with van der Waals surface area (Å²) < 4.78 is 23.8. The lowest BCUT2D eigenvalue weighted by atomic mass is 10.0. The molecule has 0 aromatic heterocycles. The van der Waals surface area contributed by atoms with Gasteiger partial charge in [-0.25, -0.2) is 4.57 Å². The smallest absolute Gasteiger partial charge is 0.387 e. The van der Waals surface area contributed by atoms with E-state index in [1.165, 1.54) is 289 Å². The van der Waals surface area contributed by atoms with Crippen LogP contribution in [-0.2, 0) is 18.4 Å². The van der Waals surface area contributed by atoms with Crippen LogP contribution in [0.3, 0.4) is 0 Å². The van der Waals surface area contributed by atoms with Gasteiger partial charge in [-0.2, -0.15) is 0 Å². The van der Waals surface area contributed by atoms with Gasteiger partial charge in [-0.05, 0) is 19.3 Å². The summed E-state index contributed by atoms with van der Waals surface area (Å²) in [6.45, 7) is 4.88. The summed E-state index contributed by atoms with van der Waals surface area (Å²) in [5.41, 5.74) is 0. The molecule has 0 saturated carbocycles. The number of likely N-dealkylation sites (N-methyl/N-ethyl adjacent to an activating group) is 1. The molecule has 0 aromatic rings. The SMILES string of the molecule is CCCCCCCCCCCCCCCCCCCCCCCCCCCCCCCC/C=C/C(O)C(COP(=O)(O)OCC[N+](C)(C)C)NC(=O)CCCCCCCCCCCCCCCCCCCCC. The summed E-state index contributed by atoms with van der Waals surface area (Å²) in [5.74, 6) is -0.169. The highest BCUT2D eigenvalue weighted by Crippen LogP contribution is 2.43. The molecule has 0 heterocycles. The van der Waals surface area contributed by atoms with Crippen LogP contribution in [0.5, 0.6) is 0 Å². The molecule has 73 heavy (non-hydrogen) atoms. The highest BCUT2D eigenvalue weighted by molar-refractivity contribution is 7.47. The monoisotopic (exact) mass is 1050 g/mol. The van der Waals surface area contributed by atoms with Crippen molar-refractivity contribution in [1.29, 1.82) is 0 Å². The Balaban J connectivity index is 4.04. The predicted molar refractivity (Wildman–Crippen MR) is 319 cm³/mol. The number of hydrogen-bond acceptors (Lipinski definition) is 5. The second kappa shape index (κ2) is 56.0. The Hall–Kier alpha value is -0.760. The molecule has 0 rings (SSSR count). The van der Waals surface area contributed by atoms with Crippen molar-refractivity contribution < 1.29 is 32.9 Å². The number of quaternary nitrogens is 1. The fourth-order valence-corrected chi connectivity index (χ4v) is 10.9. The highest BCUT2D eigenvalue weighted by atomic mass is 31.2. The third kappa shape index (κ3) is 58.8. The lowest BCUT2D eigenvalue weighted by molar-refractivity contribution is -0.870. The van der Waals surface area contributed by atoms with Gasteiger partial charge < -0.3 is 19.8 Å². The first-order valence-corrected chi connectivity index (χ1v) is 34.1. The van der Waals surface area contributed by atoms with Gasteiger partial charge in [0.2, 0.25) is 5.91 Å². The molecule has 1 amide bonds. The third-order valence-corrected chi connectivity index (χ3v) is 16.2. The van der Waals surface area contributed by atoms with Gasteiger partial charge in [-0.1, -0.05) is 328 Å². The third-order valence-electron chi connectivity index (χ3n) is 15.3. The standard InChI is InChI=1S/C64H129N2O6P/c1-6-8-10-12-14-16-18-20-22-24-26-27-28-29-30-31-32-33-34-35-36-37-38-40-41-43-45-47-49-51-53-55-57-63(67)62(61-72-73(69,70)71-60-59-66(3,4)5)65-64(68)58-56-54-52-50-48-46-44-42-39-25-23-21-19-17-15-13-11-9-7-2/h55,57,62-63,67H,6-54,56,58-61H2,1-5H3,(H-,65,68,69,70)/p+1/b57-55+. The van der Waals surface area contributed by atoms with E-state index in [1.807, 2.05) is 27.2 Å². The van der Waals surface area contributed by atoms with Crippen molar-refractivity contribution in [2.75, 3.05) is 40.9 Å². The number of nitrogens with zero attached hydrogens (tertiary/aromatic N) is 1. The molecule has 3 unspecified atom stereocenters. The predicted octanol–water partition coefficient (Wildman–Crippen LogP) is 20.2. The Labute approximate surface area is 456 Å². The van der Waals surface area contributed by atoms with Crippen LogP contribution in [0.2, 0.25) is 0 Å². The highest BCUT2D eigenvalue weighted by Gasteiger charge is 2.28. The van der Waals surface area contributed by atoms with Crippen molar-refractivity contribution in [3.05, 3.63) is 12.2 Å². The van der Waals surface area contributed by atoms with Crippen molar-refractivity contribution in [2.45, 2.75) is 353 Å². The van der Waals surface area contributed by atoms with Gasteiger partial charge in [0.05, 0.1) is 39.9 Å². The van der Waals surface area contributed by atoms with E-state index < -0.39 is 20.0 Å². The number of carbonyl (C=O) groups excluding carboxylic acids is 1. The van der Waals surface area contributed by atoms with E-state index in [1.54, 1.807) is 6.08 Å². The average molecular weight is 1050 g/mol. The number of phosphoric ester groups is 1. The van der Waals surface area contributed by atoms with E-state index >= 15 is 0 Å². The number of rotatable bonds is 61. The largest absolute Gasteiger partial charge is 0.472 e. The van der Waals surface area contributed by atoms with E-state index in [4.69, 9.17) is 9.05 Å². The Kier molecular flexibility index (Phi) is 55.4. The Bertz CT molecular complexity index is 1200. The molecule has 0 fully saturated rings. The summed E-state index contributed by atoms with van der Waals surface area (Å²) in [4.78, 5) is 23.3. The van der Waals surface area contributed by atoms with Crippen molar-refractivity contribution in [3.8, 4) is 0 Å². The van der Waals surface area contributed by atoms with Gasteiger partial charge in [0, 0.05) is 6.42 Å². The minimum atomic E-state index is -4.35. The normalized spacial score (nSPS) is 13.8. The summed E-state index contributed by atoms with van der Waals surface area (Å²) in [7, 11) is 1.59. The molecule has 436 valence electrons. The van der Waals surface area contributed by atoms with Crippen LogP contribution in [0.4, 0.5) is 0 Å². The fourth-order valence-electron chi connectivity index (χ4n) is 10.2. The first-order chi connectivity index (χ1) is 35.5. The zero-order valence-corrected chi connectivity index (χ0v) is 50.8. The second-order valence-electron chi connectivity index (χ2n) is 23.9. The van der Waals surface area contributed by atoms with Gasteiger partial charge in [-0.3, -0.25) is 13.8 Å². The Morgan fingerprint density at radius 3 is 1.01 bits per heavy atom. The minimum absolute atomic E-state index is 0.0653. The van der Waals surface area contributed by atoms with Gasteiger partial charge in [-0.15, -0.1) is 0 Å². The zero-order valence-electron chi connectivity index (χ0n) is 49.9. The van der Waals surface area contributed by atoms with Crippen molar-refractivity contribution in [3.63, 3.8) is 0 Å². The number of allylic oxidation sites excluding steroid dienone is 1. The maximum absolute atomic E-state index is 13.0. The van der Waals surface area contributed by atoms with Crippen molar-refractivity contribution in [2.24, 2.45) is 0 Å². The molecule has 0 aliphatic carbocycles. The summed E-state index contributed by atoms with van der Waals surface area (Å²) in [6.07, 6.45) is 70.6. The summed E-state index contributed by atoms with van der Waals surface area (Å²) >= 11 is 0. The van der Waals surface area contributed by atoms with Crippen LogP contribution in [0.15, 0.2) is 12.2 Å². The number of phosphoric acid groups is 1. The van der Waals surface area contributed by atoms with E-state index in [-0.39, 0.29) is 19.1 Å². The van der Waals surface area contributed by atoms with Gasteiger partial charge in [0.1, 0.15) is 13.2 Å². The molecule has 0 aliphatic rings. The van der Waals surface area contributed by atoms with Crippen LogP contribution in [0.1, 0.15) is 341 Å². The number of aliphatic hydroxyl groups is 1. The molecule has 0 saturated heterocycles. The summed E-state index contributed by atoms with van der Waals surface area (Å²) in [5, 5.41) is 14.0. The molecule has 3 N–H and O–H groups in total. The van der Waals surface area contributed by atoms with E-state index in [0.717, 1.165) is 32.1 Å². The topological polar surface area (TPSA) is 105 Å². The second-order valence-corrected chi connectivity index (χ2v) is 25.3. The number of hydrogen-bond donors (Lipinski definition) is 3. The first-order valence-electron chi connectivity index (χ1n) is 32.6. The van der Waals surface area contributed by atoms with E-state index in [9.17, 15) is 19.4 Å². The molecule has 0 spiro atoms. The zero-order chi connectivity index (χ0) is 53.5. The number of unbranched alkanes of at least 4 members (excludes halogenated alkanes) is 48. The van der Waals surface area contributed by atoms with Gasteiger partial charge in [0.25, 0.3) is 0 Å². The van der Waals surface area contributed by atoms with Crippen LogP contribution in [0.25, 0.3) is 0 Å². The van der Waals surface area contributed by atoms with Gasteiger partial charge in [0.15, 0.2) is 0 Å². The molecular weight excluding hydrogens is 924 g/mol. The molecule has 0 radical (unpaired) electrons. The van der Waals surface area contributed by atoms with E-state index in [2.05, 4.69) is 19.2 Å². The molecule has 8 nitrogen and oxygen atoms in total. The Morgan fingerprint density at radius 2 is 0.726 bits per heavy atom. The van der Waals surface area contributed by atoms with Crippen LogP contribution >= 0.6 is 7.82 Å². The molecule has 0 aromatic carbocycles. The first kappa shape index (κ1) is 72.2. The van der Waals surface area contributed by atoms with E-state index in [0.29, 0.717) is 17.4 Å². The molecule has 0 bridgehead atoms. The van der Waals surface area contributed by atoms with Gasteiger partial charge >= 0.3 is 7.82 Å². The molecule has 3 atom stereocenters. The lowest BCUT2D eigenvalue weighted by Gasteiger charge is -2.25. The fraction of sp³-hybridized carbons (Fsp3) is 0.953.